The Morgan fingerprint density at radius 2 is 1.43 bits per heavy atom. The summed E-state index contributed by atoms with van der Waals surface area (Å²) in [5.74, 6) is -0.685. The van der Waals surface area contributed by atoms with E-state index in [-0.39, 0.29) is 17.2 Å². The second-order valence-electron chi connectivity index (χ2n) is 10.0. The molecule has 0 saturated heterocycles. The van der Waals surface area contributed by atoms with E-state index in [1.165, 1.54) is 6.26 Å². The van der Waals surface area contributed by atoms with Gasteiger partial charge in [0.15, 0.2) is 9.84 Å². The molecule has 0 aromatic heterocycles. The van der Waals surface area contributed by atoms with Gasteiger partial charge in [-0.3, -0.25) is 10.2 Å². The first-order valence-corrected chi connectivity index (χ1v) is 16.8. The van der Waals surface area contributed by atoms with Gasteiger partial charge < -0.3 is 11.1 Å². The quantitative estimate of drug-likeness (QED) is 0.152. The number of benzene rings is 4. The summed E-state index contributed by atoms with van der Waals surface area (Å²) in [7, 11) is -7.22. The number of sulfonamides is 1. The van der Waals surface area contributed by atoms with Gasteiger partial charge in [0, 0.05) is 17.4 Å². The number of rotatable bonds is 11. The third-order valence-electron chi connectivity index (χ3n) is 6.61. The third-order valence-corrected chi connectivity index (χ3v) is 8.48. The largest absolute Gasteiger partial charge is 0.384 e. The van der Waals surface area contributed by atoms with Gasteiger partial charge in [-0.15, -0.1) is 0 Å². The van der Waals surface area contributed by atoms with E-state index in [0.717, 1.165) is 11.8 Å². The van der Waals surface area contributed by atoms with Crippen LogP contribution in [-0.2, 0) is 31.1 Å². The number of carbonyl (C=O) groups is 1. The van der Waals surface area contributed by atoms with Crippen LogP contribution >= 0.6 is 0 Å². The fourth-order valence-electron chi connectivity index (χ4n) is 4.68. The summed E-state index contributed by atoms with van der Waals surface area (Å²) in [5.41, 5.74) is 9.45. The minimum atomic E-state index is -3.76. The molecule has 0 bridgehead atoms. The van der Waals surface area contributed by atoms with E-state index >= 15 is 0 Å². The number of amides is 1. The van der Waals surface area contributed by atoms with Gasteiger partial charge in [-0.1, -0.05) is 91.0 Å². The van der Waals surface area contributed by atoms with Crippen LogP contribution in [0.3, 0.4) is 0 Å². The van der Waals surface area contributed by atoms with Crippen molar-refractivity contribution in [2.45, 2.75) is 23.4 Å². The van der Waals surface area contributed by atoms with E-state index in [4.69, 9.17) is 11.1 Å². The van der Waals surface area contributed by atoms with Crippen LogP contribution < -0.4 is 15.8 Å². The topological polar surface area (TPSA) is 159 Å². The van der Waals surface area contributed by atoms with Crippen LogP contribution in [-0.4, -0.2) is 47.1 Å². The van der Waals surface area contributed by atoms with Crippen LogP contribution in [0, 0.1) is 5.41 Å². The molecule has 1 unspecified atom stereocenters. The van der Waals surface area contributed by atoms with Gasteiger partial charge in [-0.05, 0) is 40.8 Å². The molecule has 42 heavy (non-hydrogen) atoms. The minimum Gasteiger partial charge on any atom is -0.384 e. The van der Waals surface area contributed by atoms with Crippen molar-refractivity contribution in [3.05, 3.63) is 125 Å². The highest BCUT2D eigenvalue weighted by atomic mass is 32.2. The molecule has 0 saturated carbocycles. The van der Waals surface area contributed by atoms with Gasteiger partial charge in [0.1, 0.15) is 11.9 Å². The number of hydrogen-bond acceptors (Lipinski definition) is 6. The molecule has 0 spiro atoms. The molecule has 5 N–H and O–H groups in total. The number of nitrogens with one attached hydrogen (secondary N) is 3. The van der Waals surface area contributed by atoms with Crippen LogP contribution in [0.2, 0.25) is 0 Å². The normalized spacial score (nSPS) is 13.2. The molecule has 4 aromatic rings. The SMILES string of the molecule is CS(=O)(=O)N[C@@H](Cc1cccc(C(=N)N)c1)C(=O)NC(c1ccccc1)c1ccc(-c2ccccc2S(C)(=O)=O)cc1. The van der Waals surface area contributed by atoms with E-state index in [1.54, 1.807) is 60.7 Å². The molecule has 218 valence electrons. The Morgan fingerprint density at radius 1 is 0.810 bits per heavy atom. The molecular weight excluding hydrogens is 572 g/mol. The monoisotopic (exact) mass is 604 g/mol. The van der Waals surface area contributed by atoms with E-state index in [1.807, 2.05) is 42.5 Å². The zero-order valence-electron chi connectivity index (χ0n) is 23.1. The van der Waals surface area contributed by atoms with Gasteiger partial charge in [0.25, 0.3) is 0 Å². The van der Waals surface area contributed by atoms with Crippen LogP contribution in [0.4, 0.5) is 0 Å². The second kappa shape index (κ2) is 12.7. The molecule has 4 rings (SSSR count). The zero-order valence-corrected chi connectivity index (χ0v) is 24.7. The lowest BCUT2D eigenvalue weighted by Crippen LogP contribution is -2.48. The Balaban J connectivity index is 1.68. The first-order chi connectivity index (χ1) is 19.8. The molecule has 2 atom stereocenters. The molecule has 0 aliphatic carbocycles. The molecule has 0 aliphatic rings. The molecule has 0 radical (unpaired) electrons. The Hall–Kier alpha value is -4.32. The maximum absolute atomic E-state index is 13.7. The number of hydrogen-bond donors (Lipinski definition) is 4. The van der Waals surface area contributed by atoms with Crippen molar-refractivity contribution in [1.82, 2.24) is 10.0 Å². The van der Waals surface area contributed by atoms with Crippen molar-refractivity contribution in [2.24, 2.45) is 5.73 Å². The Bertz CT molecular complexity index is 1810. The minimum absolute atomic E-state index is 0.0305. The number of sulfone groups is 1. The van der Waals surface area contributed by atoms with E-state index < -0.39 is 37.9 Å². The van der Waals surface area contributed by atoms with Crippen molar-refractivity contribution < 1.29 is 21.6 Å². The first kappa shape index (κ1) is 30.6. The molecule has 11 heteroatoms. The zero-order chi connectivity index (χ0) is 30.5. The molecule has 0 fully saturated rings. The maximum Gasteiger partial charge on any atom is 0.239 e. The number of nitrogen functional groups attached to an aromatic ring is 1. The van der Waals surface area contributed by atoms with E-state index in [2.05, 4.69) is 10.0 Å². The highest BCUT2D eigenvalue weighted by Crippen LogP contribution is 2.30. The van der Waals surface area contributed by atoms with Crippen LogP contribution in [0.5, 0.6) is 0 Å². The van der Waals surface area contributed by atoms with Gasteiger partial charge in [-0.2, -0.15) is 0 Å². The summed E-state index contributed by atoms with van der Waals surface area (Å²) in [6, 6.07) is 28.1. The fourth-order valence-corrected chi connectivity index (χ4v) is 6.30. The van der Waals surface area contributed by atoms with Crippen molar-refractivity contribution >= 4 is 31.6 Å². The second-order valence-corrected chi connectivity index (χ2v) is 13.8. The Labute approximate surface area is 246 Å². The maximum atomic E-state index is 13.7. The highest BCUT2D eigenvalue weighted by Gasteiger charge is 2.26. The Kier molecular flexibility index (Phi) is 9.25. The molecule has 4 aromatic carbocycles. The van der Waals surface area contributed by atoms with E-state index in [0.29, 0.717) is 27.8 Å². The van der Waals surface area contributed by atoms with Gasteiger partial charge >= 0.3 is 0 Å². The van der Waals surface area contributed by atoms with Crippen LogP contribution in [0.15, 0.2) is 108 Å². The average molecular weight is 605 g/mol. The lowest BCUT2D eigenvalue weighted by atomic mass is 9.95. The number of nitrogens with two attached hydrogens (primary N) is 1. The lowest BCUT2D eigenvalue weighted by molar-refractivity contribution is -0.123. The number of amidine groups is 1. The summed E-state index contributed by atoms with van der Waals surface area (Å²) >= 11 is 0. The van der Waals surface area contributed by atoms with Gasteiger partial charge in [-0.25, -0.2) is 21.6 Å². The van der Waals surface area contributed by atoms with Crippen molar-refractivity contribution in [3.63, 3.8) is 0 Å². The van der Waals surface area contributed by atoms with Crippen molar-refractivity contribution in [3.8, 4) is 11.1 Å². The lowest BCUT2D eigenvalue weighted by Gasteiger charge is -2.24. The van der Waals surface area contributed by atoms with Crippen LogP contribution in [0.25, 0.3) is 11.1 Å². The smallest absolute Gasteiger partial charge is 0.239 e. The third kappa shape index (κ3) is 7.90. The van der Waals surface area contributed by atoms with Crippen molar-refractivity contribution in [1.29, 1.82) is 5.41 Å². The standard InChI is InChI=1S/C31H32N4O5S2/c1-41(37,38)28-14-7-6-13-26(28)22-15-17-24(18-16-22)29(23-10-4-3-5-11-23)34-31(36)27(35-42(2,39)40)20-21-9-8-12-25(19-21)30(32)33/h3-19,27,29,35H,20H2,1-2H3,(H3,32,33)(H,34,36)/t27-,29?/m0/s1. The molecule has 1 amide bonds. The van der Waals surface area contributed by atoms with Gasteiger partial charge in [0.2, 0.25) is 15.9 Å². The summed E-state index contributed by atoms with van der Waals surface area (Å²) < 4.78 is 51.6. The Morgan fingerprint density at radius 3 is 2.05 bits per heavy atom. The van der Waals surface area contributed by atoms with E-state index in [9.17, 15) is 21.6 Å². The fraction of sp³-hybridized carbons (Fsp3) is 0.161. The summed E-state index contributed by atoms with van der Waals surface area (Å²) in [6.45, 7) is 0. The van der Waals surface area contributed by atoms with Crippen LogP contribution in [0.1, 0.15) is 28.3 Å². The molecule has 9 nitrogen and oxygen atoms in total. The first-order valence-electron chi connectivity index (χ1n) is 13.0. The summed E-state index contributed by atoms with van der Waals surface area (Å²) in [4.78, 5) is 13.9. The van der Waals surface area contributed by atoms with Crippen molar-refractivity contribution in [2.75, 3.05) is 12.5 Å². The predicted octanol–water partition coefficient (Wildman–Crippen LogP) is 3.41. The molecule has 0 heterocycles. The summed E-state index contributed by atoms with van der Waals surface area (Å²) in [5, 5.41) is 10.7. The average Bonchev–Trinajstić information content (AvgIpc) is 2.95. The summed E-state index contributed by atoms with van der Waals surface area (Å²) in [6.07, 6.45) is 2.18. The molecule has 0 aliphatic heterocycles. The number of carbonyl (C=O) groups excluding carboxylic acids is 1. The highest BCUT2D eigenvalue weighted by molar-refractivity contribution is 7.90. The predicted molar refractivity (Wildman–Crippen MR) is 164 cm³/mol. The molecular formula is C31H32N4O5S2. The van der Waals surface area contributed by atoms with Gasteiger partial charge in [0.05, 0.1) is 17.2 Å².